The molecule has 1 aromatic carbocycles. The topological polar surface area (TPSA) is 38.7 Å². The number of hydrogen-bond acceptors (Lipinski definition) is 3. The molecule has 1 atom stereocenters. The number of methoxy groups -OCH3 is 1. The molecule has 16 heavy (non-hydrogen) atoms. The zero-order valence-corrected chi connectivity index (χ0v) is 9.77. The fourth-order valence-electron chi connectivity index (χ4n) is 1.53. The predicted molar refractivity (Wildman–Crippen MR) is 63.8 cm³/mol. The molecule has 0 aliphatic heterocycles. The lowest BCUT2D eigenvalue weighted by molar-refractivity contribution is 0.0712. The van der Waals surface area contributed by atoms with Gasteiger partial charge in [0.2, 0.25) is 0 Å². The van der Waals surface area contributed by atoms with Crippen molar-refractivity contribution in [3.8, 4) is 11.5 Å². The van der Waals surface area contributed by atoms with E-state index < -0.39 is 0 Å². The predicted octanol–water partition coefficient (Wildman–Crippen LogP) is 3.05. The van der Waals surface area contributed by atoms with Crippen LogP contribution < -0.4 is 4.74 Å². The maximum absolute atomic E-state index is 9.48. The molecule has 0 saturated heterocycles. The Labute approximate surface area is 96.3 Å². The van der Waals surface area contributed by atoms with Gasteiger partial charge >= 0.3 is 0 Å². The van der Waals surface area contributed by atoms with Crippen LogP contribution in [0.5, 0.6) is 11.5 Å². The Morgan fingerprint density at radius 3 is 2.81 bits per heavy atom. The van der Waals surface area contributed by atoms with E-state index in [1.54, 1.807) is 18.2 Å². The lowest BCUT2D eigenvalue weighted by Crippen LogP contribution is -2.03. The lowest BCUT2D eigenvalue weighted by atomic mass is 10.1. The van der Waals surface area contributed by atoms with E-state index in [4.69, 9.17) is 9.47 Å². The Morgan fingerprint density at radius 1 is 1.50 bits per heavy atom. The van der Waals surface area contributed by atoms with E-state index in [0.717, 1.165) is 12.0 Å². The number of rotatable bonds is 6. The normalized spacial score (nSPS) is 12.1. The van der Waals surface area contributed by atoms with Crippen molar-refractivity contribution in [2.24, 2.45) is 0 Å². The largest absolute Gasteiger partial charge is 0.504 e. The summed E-state index contributed by atoms with van der Waals surface area (Å²) in [5, 5.41) is 9.48. The lowest BCUT2D eigenvalue weighted by Gasteiger charge is -2.16. The average molecular weight is 222 g/mol. The monoisotopic (exact) mass is 222 g/mol. The van der Waals surface area contributed by atoms with Gasteiger partial charge in [0.15, 0.2) is 11.5 Å². The first kappa shape index (κ1) is 12.6. The van der Waals surface area contributed by atoms with Crippen LogP contribution in [0.15, 0.2) is 30.9 Å². The minimum atomic E-state index is 0.00694. The van der Waals surface area contributed by atoms with Gasteiger partial charge in [-0.15, -0.1) is 6.58 Å². The second-order valence-corrected chi connectivity index (χ2v) is 3.45. The van der Waals surface area contributed by atoms with Crippen molar-refractivity contribution in [1.82, 2.24) is 0 Å². The quantitative estimate of drug-likeness (QED) is 0.752. The smallest absolute Gasteiger partial charge is 0.160 e. The first-order chi connectivity index (χ1) is 7.72. The molecule has 0 spiro atoms. The molecule has 0 heterocycles. The van der Waals surface area contributed by atoms with Gasteiger partial charge in [-0.05, 0) is 24.1 Å². The van der Waals surface area contributed by atoms with Crippen LogP contribution in [-0.2, 0) is 4.74 Å². The average Bonchev–Trinajstić information content (AvgIpc) is 2.32. The van der Waals surface area contributed by atoms with Gasteiger partial charge in [-0.1, -0.05) is 19.1 Å². The van der Waals surface area contributed by atoms with Crippen molar-refractivity contribution in [2.45, 2.75) is 19.4 Å². The molecular formula is C13H18O3. The highest BCUT2D eigenvalue weighted by molar-refractivity contribution is 5.42. The Kier molecular flexibility index (Phi) is 4.86. The van der Waals surface area contributed by atoms with Gasteiger partial charge in [0.25, 0.3) is 0 Å². The third-order valence-corrected chi connectivity index (χ3v) is 2.36. The summed E-state index contributed by atoms with van der Waals surface area (Å²) in [6.07, 6.45) is 2.59. The van der Waals surface area contributed by atoms with E-state index >= 15 is 0 Å². The Morgan fingerprint density at radius 2 is 2.25 bits per heavy atom. The Hall–Kier alpha value is -1.48. The summed E-state index contributed by atoms with van der Waals surface area (Å²) >= 11 is 0. The van der Waals surface area contributed by atoms with Crippen LogP contribution in [0.2, 0.25) is 0 Å². The SMILES string of the molecule is C=CCOC(CC)c1ccc(O)c(OC)c1. The van der Waals surface area contributed by atoms with Gasteiger partial charge in [-0.2, -0.15) is 0 Å². The van der Waals surface area contributed by atoms with Crippen LogP contribution >= 0.6 is 0 Å². The molecule has 0 aromatic heterocycles. The standard InChI is InChI=1S/C13H18O3/c1-4-8-16-12(5-2)10-6-7-11(14)13(9-10)15-3/h4,6-7,9,12,14H,1,5,8H2,2-3H3. The van der Waals surface area contributed by atoms with Crippen molar-refractivity contribution in [3.05, 3.63) is 36.4 Å². The molecule has 0 bridgehead atoms. The Bertz CT molecular complexity index is 347. The molecule has 1 rings (SSSR count). The van der Waals surface area contributed by atoms with Crippen molar-refractivity contribution in [2.75, 3.05) is 13.7 Å². The third-order valence-electron chi connectivity index (χ3n) is 2.36. The minimum Gasteiger partial charge on any atom is -0.504 e. The number of phenols is 1. The van der Waals surface area contributed by atoms with Crippen LogP contribution in [-0.4, -0.2) is 18.8 Å². The van der Waals surface area contributed by atoms with Crippen LogP contribution in [0.4, 0.5) is 0 Å². The Balaban J connectivity index is 2.87. The number of aromatic hydroxyl groups is 1. The van der Waals surface area contributed by atoms with Crippen molar-refractivity contribution in [1.29, 1.82) is 0 Å². The molecule has 3 heteroatoms. The maximum atomic E-state index is 9.48. The number of hydrogen-bond donors (Lipinski definition) is 1. The van der Waals surface area contributed by atoms with Gasteiger partial charge in [0.05, 0.1) is 19.8 Å². The van der Waals surface area contributed by atoms with Gasteiger partial charge in [-0.3, -0.25) is 0 Å². The van der Waals surface area contributed by atoms with Crippen molar-refractivity contribution >= 4 is 0 Å². The van der Waals surface area contributed by atoms with E-state index in [9.17, 15) is 5.11 Å². The maximum Gasteiger partial charge on any atom is 0.160 e. The van der Waals surface area contributed by atoms with E-state index in [-0.39, 0.29) is 11.9 Å². The number of benzene rings is 1. The van der Waals surface area contributed by atoms with E-state index in [0.29, 0.717) is 12.4 Å². The highest BCUT2D eigenvalue weighted by Gasteiger charge is 2.11. The van der Waals surface area contributed by atoms with Crippen molar-refractivity contribution in [3.63, 3.8) is 0 Å². The van der Waals surface area contributed by atoms with Gasteiger partial charge in [-0.25, -0.2) is 0 Å². The molecule has 88 valence electrons. The van der Waals surface area contributed by atoms with Gasteiger partial charge < -0.3 is 14.6 Å². The first-order valence-corrected chi connectivity index (χ1v) is 5.32. The number of ether oxygens (including phenoxy) is 2. The molecule has 3 nitrogen and oxygen atoms in total. The molecule has 1 N–H and O–H groups in total. The molecule has 1 unspecified atom stereocenters. The van der Waals surface area contributed by atoms with E-state index in [1.165, 1.54) is 7.11 Å². The van der Waals surface area contributed by atoms with Gasteiger partial charge in [0, 0.05) is 0 Å². The molecule has 0 amide bonds. The minimum absolute atomic E-state index is 0.00694. The van der Waals surface area contributed by atoms with E-state index in [2.05, 4.69) is 6.58 Å². The van der Waals surface area contributed by atoms with Crippen molar-refractivity contribution < 1.29 is 14.6 Å². The molecule has 0 radical (unpaired) electrons. The number of phenolic OH excluding ortho intramolecular Hbond substituents is 1. The molecule has 0 aliphatic rings. The summed E-state index contributed by atoms with van der Waals surface area (Å²) < 4.78 is 10.7. The van der Waals surface area contributed by atoms with Crippen LogP contribution in [0.25, 0.3) is 0 Å². The highest BCUT2D eigenvalue weighted by atomic mass is 16.5. The highest BCUT2D eigenvalue weighted by Crippen LogP contribution is 2.31. The summed E-state index contributed by atoms with van der Waals surface area (Å²) in [4.78, 5) is 0. The summed E-state index contributed by atoms with van der Waals surface area (Å²) in [6.45, 7) is 6.18. The summed E-state index contributed by atoms with van der Waals surface area (Å²) in [6, 6.07) is 5.26. The van der Waals surface area contributed by atoms with Crippen LogP contribution in [0.1, 0.15) is 25.0 Å². The van der Waals surface area contributed by atoms with E-state index in [1.807, 2.05) is 13.0 Å². The molecular weight excluding hydrogens is 204 g/mol. The molecule has 1 aromatic rings. The summed E-state index contributed by atoms with van der Waals surface area (Å²) in [5.74, 6) is 0.614. The molecule has 0 fully saturated rings. The molecule has 0 saturated carbocycles. The fourth-order valence-corrected chi connectivity index (χ4v) is 1.53. The van der Waals surface area contributed by atoms with Gasteiger partial charge in [0.1, 0.15) is 0 Å². The van der Waals surface area contributed by atoms with Crippen LogP contribution in [0, 0.1) is 0 Å². The summed E-state index contributed by atoms with van der Waals surface area (Å²) in [7, 11) is 1.53. The van der Waals surface area contributed by atoms with Crippen LogP contribution in [0.3, 0.4) is 0 Å². The fraction of sp³-hybridized carbons (Fsp3) is 0.385. The third kappa shape index (κ3) is 3.00. The zero-order chi connectivity index (χ0) is 12.0. The second kappa shape index (κ2) is 6.18. The first-order valence-electron chi connectivity index (χ1n) is 5.32. The molecule has 0 aliphatic carbocycles. The summed E-state index contributed by atoms with van der Waals surface area (Å²) in [5.41, 5.74) is 0.999. The zero-order valence-electron chi connectivity index (χ0n) is 9.77. The second-order valence-electron chi connectivity index (χ2n) is 3.45.